The molecule has 2 amide bonds. The third kappa shape index (κ3) is 4.86. The van der Waals surface area contributed by atoms with Crippen LogP contribution >= 0.6 is 34.4 Å². The quantitative estimate of drug-likeness (QED) is 0.505. The number of para-hydroxylation sites is 1. The Morgan fingerprint density at radius 3 is 2.72 bits per heavy atom. The first-order valence-electron chi connectivity index (χ1n) is 8.29. The van der Waals surface area contributed by atoms with Crippen molar-refractivity contribution < 1.29 is 19.1 Å². The van der Waals surface area contributed by atoms with Crippen LogP contribution in [0.3, 0.4) is 0 Å². The van der Waals surface area contributed by atoms with Gasteiger partial charge in [0.1, 0.15) is 10.7 Å². The molecule has 152 valence electrons. The average Bonchev–Trinajstić information content (AvgIpc) is 3.32. The van der Waals surface area contributed by atoms with E-state index in [-0.39, 0.29) is 17.4 Å². The lowest BCUT2D eigenvalue weighted by Crippen LogP contribution is -2.12. The van der Waals surface area contributed by atoms with E-state index in [0.29, 0.717) is 21.6 Å². The second-order valence-electron chi connectivity index (χ2n) is 5.68. The van der Waals surface area contributed by atoms with Gasteiger partial charge in [-0.25, -0.2) is 9.97 Å². The smallest absolute Gasteiger partial charge is 0.276 e. The number of carbonyl (C=O) groups is 2. The summed E-state index contributed by atoms with van der Waals surface area (Å²) in [4.78, 5) is 32.3. The summed E-state index contributed by atoms with van der Waals surface area (Å²) in [6.07, 6.45) is 0. The number of aryl methyl sites for hydroxylation is 1. The predicted molar refractivity (Wildman–Crippen MR) is 115 cm³/mol. The summed E-state index contributed by atoms with van der Waals surface area (Å²) in [5.74, 6) is 0.535. The molecule has 0 radical (unpaired) electrons. The minimum absolute atomic E-state index is 0.161. The zero-order valence-corrected chi connectivity index (χ0v) is 18.3. The lowest BCUT2D eigenvalue weighted by atomic mass is 10.2. The molecule has 0 saturated carbocycles. The minimum Gasteiger partial charge on any atom is -0.493 e. The molecule has 0 unspecified atom stereocenters. The van der Waals surface area contributed by atoms with E-state index in [1.807, 2.05) is 19.1 Å². The second kappa shape index (κ2) is 9.25. The summed E-state index contributed by atoms with van der Waals surface area (Å²) in [5, 5.41) is 5.50. The number of thioether (sulfide) groups is 1. The molecule has 2 heterocycles. The van der Waals surface area contributed by atoms with E-state index in [1.165, 1.54) is 34.4 Å². The Morgan fingerprint density at radius 1 is 1.24 bits per heavy atom. The number of amides is 2. The fourth-order valence-electron chi connectivity index (χ4n) is 2.42. The van der Waals surface area contributed by atoms with Crippen LogP contribution in [-0.4, -0.2) is 41.8 Å². The van der Waals surface area contributed by atoms with Crippen LogP contribution in [0.25, 0.3) is 10.6 Å². The molecular formula is C18H18N4O4S3. The van der Waals surface area contributed by atoms with Gasteiger partial charge in [-0.3, -0.25) is 14.9 Å². The Hall–Kier alpha value is -2.63. The number of benzene rings is 1. The number of primary amides is 1. The van der Waals surface area contributed by atoms with E-state index < -0.39 is 5.91 Å². The summed E-state index contributed by atoms with van der Waals surface area (Å²) in [6, 6.07) is 5.48. The summed E-state index contributed by atoms with van der Waals surface area (Å²) in [7, 11) is 3.12. The number of methoxy groups -OCH3 is 2. The van der Waals surface area contributed by atoms with Gasteiger partial charge in [-0.2, -0.15) is 0 Å². The Balaban J connectivity index is 1.77. The Bertz CT molecular complexity index is 1050. The van der Waals surface area contributed by atoms with Gasteiger partial charge >= 0.3 is 0 Å². The number of hydrogen-bond donors (Lipinski definition) is 2. The SMILES string of the molecule is COc1cccc(-c2nc(C(=O)Nc3nc(C)c(SCC(N)=O)s3)cs2)c1OC. The molecular weight excluding hydrogens is 432 g/mol. The first-order chi connectivity index (χ1) is 13.9. The molecule has 0 bridgehead atoms. The van der Waals surface area contributed by atoms with Gasteiger partial charge in [-0.05, 0) is 19.1 Å². The number of nitrogens with zero attached hydrogens (tertiary/aromatic N) is 2. The maximum Gasteiger partial charge on any atom is 0.276 e. The molecule has 0 aliphatic heterocycles. The van der Waals surface area contributed by atoms with Crippen molar-refractivity contribution in [1.82, 2.24) is 9.97 Å². The van der Waals surface area contributed by atoms with Crippen LogP contribution in [0.1, 0.15) is 16.2 Å². The molecule has 0 atom stereocenters. The van der Waals surface area contributed by atoms with E-state index in [4.69, 9.17) is 15.2 Å². The highest BCUT2D eigenvalue weighted by Crippen LogP contribution is 2.39. The highest BCUT2D eigenvalue weighted by molar-refractivity contribution is 8.01. The highest BCUT2D eigenvalue weighted by atomic mass is 32.2. The van der Waals surface area contributed by atoms with E-state index in [9.17, 15) is 9.59 Å². The number of ether oxygens (including phenoxy) is 2. The standard InChI is InChI=1S/C18H18N4O4S3/c1-9-17(28-8-13(19)23)29-18(20-9)22-15(24)11-7-27-16(21-11)10-5-4-6-12(25-2)14(10)26-3/h4-7H,8H2,1-3H3,(H2,19,23)(H,20,22,24). The zero-order chi connectivity index (χ0) is 21.0. The number of carbonyl (C=O) groups excluding carboxylic acids is 2. The first kappa shape index (κ1) is 21.1. The summed E-state index contributed by atoms with van der Waals surface area (Å²) in [6.45, 7) is 1.81. The molecule has 0 aliphatic carbocycles. The topological polar surface area (TPSA) is 116 Å². The number of anilines is 1. The van der Waals surface area contributed by atoms with Gasteiger partial charge in [0, 0.05) is 5.38 Å². The predicted octanol–water partition coefficient (Wildman–Crippen LogP) is 3.42. The minimum atomic E-state index is -0.406. The molecule has 3 N–H and O–H groups in total. The van der Waals surface area contributed by atoms with Gasteiger partial charge in [0.15, 0.2) is 16.6 Å². The third-order valence-electron chi connectivity index (χ3n) is 3.69. The monoisotopic (exact) mass is 450 g/mol. The Labute approximate surface area is 179 Å². The van der Waals surface area contributed by atoms with Crippen molar-refractivity contribution in [3.05, 3.63) is 35.0 Å². The third-order valence-corrected chi connectivity index (χ3v) is 7.02. The molecule has 0 aliphatic rings. The van der Waals surface area contributed by atoms with Crippen LogP contribution in [0.15, 0.2) is 27.8 Å². The van der Waals surface area contributed by atoms with E-state index in [1.54, 1.807) is 25.7 Å². The molecule has 0 spiro atoms. The van der Waals surface area contributed by atoms with Crippen LogP contribution in [0, 0.1) is 6.92 Å². The summed E-state index contributed by atoms with van der Waals surface area (Å²) >= 11 is 3.92. The van der Waals surface area contributed by atoms with Crippen LogP contribution < -0.4 is 20.5 Å². The van der Waals surface area contributed by atoms with Gasteiger partial charge in [0.2, 0.25) is 5.91 Å². The Kier molecular flexibility index (Phi) is 6.72. The molecule has 11 heteroatoms. The van der Waals surface area contributed by atoms with Crippen LogP contribution in [0.4, 0.5) is 5.13 Å². The lowest BCUT2D eigenvalue weighted by molar-refractivity contribution is -0.115. The van der Waals surface area contributed by atoms with Gasteiger partial charge in [-0.1, -0.05) is 17.4 Å². The van der Waals surface area contributed by atoms with Gasteiger partial charge < -0.3 is 15.2 Å². The Morgan fingerprint density at radius 2 is 2.03 bits per heavy atom. The number of nitrogens with one attached hydrogen (secondary N) is 1. The van der Waals surface area contributed by atoms with Crippen molar-refractivity contribution >= 4 is 51.4 Å². The molecule has 2 aromatic heterocycles. The summed E-state index contributed by atoms with van der Waals surface area (Å²) < 4.78 is 11.6. The first-order valence-corrected chi connectivity index (χ1v) is 11.0. The van der Waals surface area contributed by atoms with Crippen molar-refractivity contribution in [2.75, 3.05) is 25.3 Å². The molecule has 0 saturated heterocycles. The van der Waals surface area contributed by atoms with Crippen LogP contribution in [0.5, 0.6) is 11.5 Å². The van der Waals surface area contributed by atoms with Gasteiger partial charge in [0.25, 0.3) is 5.91 Å². The van der Waals surface area contributed by atoms with Crippen molar-refractivity contribution in [2.45, 2.75) is 11.1 Å². The van der Waals surface area contributed by atoms with Gasteiger partial charge in [-0.15, -0.1) is 23.1 Å². The number of hydrogen-bond acceptors (Lipinski definition) is 9. The number of thiazole rings is 2. The molecule has 3 aromatic rings. The number of rotatable bonds is 8. The molecule has 1 aromatic carbocycles. The van der Waals surface area contributed by atoms with Crippen molar-refractivity contribution in [1.29, 1.82) is 0 Å². The van der Waals surface area contributed by atoms with Crippen molar-refractivity contribution in [3.63, 3.8) is 0 Å². The highest BCUT2D eigenvalue weighted by Gasteiger charge is 2.18. The molecule has 29 heavy (non-hydrogen) atoms. The lowest BCUT2D eigenvalue weighted by Gasteiger charge is -2.10. The largest absolute Gasteiger partial charge is 0.493 e. The fourth-order valence-corrected chi connectivity index (χ4v) is 5.12. The van der Waals surface area contributed by atoms with Crippen LogP contribution in [0.2, 0.25) is 0 Å². The number of nitrogens with two attached hydrogens (primary N) is 1. The zero-order valence-electron chi connectivity index (χ0n) is 15.8. The van der Waals surface area contributed by atoms with Crippen LogP contribution in [-0.2, 0) is 4.79 Å². The normalized spacial score (nSPS) is 10.6. The fraction of sp³-hybridized carbons (Fsp3) is 0.222. The molecule has 3 rings (SSSR count). The average molecular weight is 451 g/mol. The van der Waals surface area contributed by atoms with Gasteiger partial charge in [0.05, 0.1) is 35.4 Å². The number of aromatic nitrogens is 2. The molecule has 8 nitrogen and oxygen atoms in total. The van der Waals surface area contributed by atoms with Crippen molar-refractivity contribution in [3.8, 4) is 22.1 Å². The van der Waals surface area contributed by atoms with E-state index in [2.05, 4.69) is 15.3 Å². The van der Waals surface area contributed by atoms with E-state index >= 15 is 0 Å². The van der Waals surface area contributed by atoms with E-state index in [0.717, 1.165) is 15.5 Å². The molecule has 0 fully saturated rings. The second-order valence-corrected chi connectivity index (χ2v) is 8.78. The maximum absolute atomic E-state index is 12.6. The van der Waals surface area contributed by atoms with Crippen molar-refractivity contribution in [2.24, 2.45) is 5.73 Å². The maximum atomic E-state index is 12.6. The summed E-state index contributed by atoms with van der Waals surface area (Å²) in [5.41, 5.74) is 6.92.